The molecule has 2 N–H and O–H groups in total. The van der Waals surface area contributed by atoms with Gasteiger partial charge in [0, 0.05) is 25.7 Å². The maximum atomic E-state index is 6.26. The number of hydrogen-bond donors (Lipinski definition) is 1. The van der Waals surface area contributed by atoms with Crippen LogP contribution in [0, 0.1) is 11.3 Å². The van der Waals surface area contributed by atoms with Gasteiger partial charge in [0.25, 0.3) is 0 Å². The van der Waals surface area contributed by atoms with E-state index in [9.17, 15) is 0 Å². The van der Waals surface area contributed by atoms with Gasteiger partial charge >= 0.3 is 0 Å². The van der Waals surface area contributed by atoms with Crippen LogP contribution in [-0.4, -0.2) is 30.6 Å². The molecule has 1 aliphatic rings. The minimum Gasteiger partial charge on any atom is -0.327 e. The van der Waals surface area contributed by atoms with Crippen LogP contribution < -0.4 is 5.73 Å². The third-order valence-corrected chi connectivity index (χ3v) is 3.84. The van der Waals surface area contributed by atoms with E-state index < -0.39 is 0 Å². The first-order valence-electron chi connectivity index (χ1n) is 6.68. The Bertz CT molecular complexity index is 248. The van der Waals surface area contributed by atoms with Crippen molar-refractivity contribution < 1.29 is 0 Å². The summed E-state index contributed by atoms with van der Waals surface area (Å²) in [6, 6.07) is 0.361. The Kier molecular flexibility index (Phi) is 5.41. The van der Waals surface area contributed by atoms with Gasteiger partial charge in [-0.25, -0.2) is 0 Å². The topological polar surface area (TPSA) is 29.3 Å². The second-order valence-corrected chi connectivity index (χ2v) is 6.13. The Morgan fingerprint density at radius 1 is 1.29 bits per heavy atom. The van der Waals surface area contributed by atoms with E-state index >= 15 is 0 Å². The van der Waals surface area contributed by atoms with Gasteiger partial charge in [-0.3, -0.25) is 4.90 Å². The van der Waals surface area contributed by atoms with Crippen LogP contribution >= 0.6 is 0 Å². The van der Waals surface area contributed by atoms with Gasteiger partial charge in [-0.05, 0) is 30.6 Å². The quantitative estimate of drug-likeness (QED) is 0.719. The first-order valence-corrected chi connectivity index (χ1v) is 6.68. The highest BCUT2D eigenvalue weighted by molar-refractivity contribution is 4.90. The predicted molar refractivity (Wildman–Crippen MR) is 75.9 cm³/mol. The lowest BCUT2D eigenvalue weighted by Gasteiger charge is -2.41. The van der Waals surface area contributed by atoms with Gasteiger partial charge < -0.3 is 5.73 Å². The molecule has 0 heterocycles. The van der Waals surface area contributed by atoms with E-state index in [0.29, 0.717) is 17.4 Å². The lowest BCUT2D eigenvalue weighted by Crippen LogP contribution is -2.45. The van der Waals surface area contributed by atoms with E-state index in [4.69, 9.17) is 5.73 Å². The van der Waals surface area contributed by atoms with E-state index in [1.54, 1.807) is 0 Å². The number of nitrogens with two attached hydrogens (primary N) is 1. The van der Waals surface area contributed by atoms with E-state index in [-0.39, 0.29) is 0 Å². The first kappa shape index (κ1) is 14.5. The number of hydrogen-bond acceptors (Lipinski definition) is 2. The smallest absolute Gasteiger partial charge is 0.0164 e. The average molecular weight is 236 g/mol. The summed E-state index contributed by atoms with van der Waals surface area (Å²) in [5, 5.41) is 0. The Balaban J connectivity index is 2.56. The molecule has 1 saturated carbocycles. The molecule has 0 amide bonds. The fourth-order valence-electron chi connectivity index (χ4n) is 2.88. The molecule has 0 aromatic carbocycles. The van der Waals surface area contributed by atoms with Gasteiger partial charge in [0.1, 0.15) is 0 Å². The molecule has 0 aromatic rings. The highest BCUT2D eigenvalue weighted by atomic mass is 15.1. The third kappa shape index (κ3) is 4.64. The Hall–Kier alpha value is -0.600. The van der Waals surface area contributed by atoms with Crippen LogP contribution in [-0.2, 0) is 0 Å². The second-order valence-electron chi connectivity index (χ2n) is 6.13. The Morgan fingerprint density at radius 2 is 1.88 bits per heavy atom. The SMILES string of the molecule is C=CCN(CC=C)CC1CC(C)(C)CCC1N. The maximum absolute atomic E-state index is 6.26. The number of nitrogens with zero attached hydrogens (tertiary/aromatic N) is 1. The van der Waals surface area contributed by atoms with Crippen LogP contribution in [0.2, 0.25) is 0 Å². The highest BCUT2D eigenvalue weighted by Gasteiger charge is 2.33. The summed E-state index contributed by atoms with van der Waals surface area (Å²) in [4.78, 5) is 2.38. The van der Waals surface area contributed by atoms with Crippen LogP contribution in [0.3, 0.4) is 0 Å². The van der Waals surface area contributed by atoms with Crippen molar-refractivity contribution in [2.45, 2.75) is 39.2 Å². The molecule has 2 nitrogen and oxygen atoms in total. The standard InChI is InChI=1S/C15H28N2/c1-5-9-17(10-6-2)12-13-11-15(3,4)8-7-14(13)16/h5-6,13-14H,1-2,7-12,16H2,3-4H3. The molecule has 1 aliphatic carbocycles. The summed E-state index contributed by atoms with van der Waals surface area (Å²) in [7, 11) is 0. The van der Waals surface area contributed by atoms with Gasteiger partial charge in [0.2, 0.25) is 0 Å². The summed E-state index contributed by atoms with van der Waals surface area (Å²) < 4.78 is 0. The summed E-state index contributed by atoms with van der Waals surface area (Å²) in [5.74, 6) is 0.610. The summed E-state index contributed by atoms with van der Waals surface area (Å²) in [6.45, 7) is 15.3. The maximum Gasteiger partial charge on any atom is 0.0164 e. The molecular weight excluding hydrogens is 208 g/mol. The average Bonchev–Trinajstić information content (AvgIpc) is 2.24. The largest absolute Gasteiger partial charge is 0.327 e. The molecule has 1 fully saturated rings. The van der Waals surface area contributed by atoms with Crippen LogP contribution in [0.15, 0.2) is 25.3 Å². The lowest BCUT2D eigenvalue weighted by molar-refractivity contribution is 0.124. The normalized spacial score (nSPS) is 28.0. The number of rotatable bonds is 6. The van der Waals surface area contributed by atoms with Crippen molar-refractivity contribution in [2.24, 2.45) is 17.1 Å². The molecule has 0 radical (unpaired) electrons. The van der Waals surface area contributed by atoms with E-state index in [0.717, 1.165) is 26.1 Å². The summed E-state index contributed by atoms with van der Waals surface area (Å²) in [5.41, 5.74) is 6.72. The van der Waals surface area contributed by atoms with Crippen LogP contribution in [0.25, 0.3) is 0 Å². The minimum absolute atomic E-state index is 0.361. The zero-order valence-electron chi connectivity index (χ0n) is 11.5. The van der Waals surface area contributed by atoms with Crippen molar-refractivity contribution in [1.82, 2.24) is 4.90 Å². The van der Waals surface area contributed by atoms with Crippen molar-refractivity contribution in [3.05, 3.63) is 25.3 Å². The van der Waals surface area contributed by atoms with Crippen LogP contribution in [0.1, 0.15) is 33.1 Å². The molecule has 98 valence electrons. The fraction of sp³-hybridized carbons (Fsp3) is 0.733. The van der Waals surface area contributed by atoms with Crippen molar-refractivity contribution in [3.8, 4) is 0 Å². The summed E-state index contributed by atoms with van der Waals surface area (Å²) >= 11 is 0. The van der Waals surface area contributed by atoms with Crippen molar-refractivity contribution in [2.75, 3.05) is 19.6 Å². The fourth-order valence-corrected chi connectivity index (χ4v) is 2.88. The Morgan fingerprint density at radius 3 is 2.41 bits per heavy atom. The zero-order valence-corrected chi connectivity index (χ0v) is 11.5. The molecule has 2 heteroatoms. The molecular formula is C15H28N2. The van der Waals surface area contributed by atoms with Crippen molar-refractivity contribution >= 4 is 0 Å². The molecule has 0 aliphatic heterocycles. The van der Waals surface area contributed by atoms with Gasteiger partial charge in [0.05, 0.1) is 0 Å². The van der Waals surface area contributed by atoms with Crippen molar-refractivity contribution in [1.29, 1.82) is 0 Å². The molecule has 2 atom stereocenters. The molecule has 0 saturated heterocycles. The minimum atomic E-state index is 0.361. The van der Waals surface area contributed by atoms with E-state index in [1.807, 2.05) is 12.2 Å². The van der Waals surface area contributed by atoms with Gasteiger partial charge in [0.15, 0.2) is 0 Å². The molecule has 17 heavy (non-hydrogen) atoms. The van der Waals surface area contributed by atoms with E-state index in [2.05, 4.69) is 31.9 Å². The molecule has 0 aromatic heterocycles. The van der Waals surface area contributed by atoms with E-state index in [1.165, 1.54) is 12.8 Å². The summed E-state index contributed by atoms with van der Waals surface area (Å²) in [6.07, 6.45) is 7.58. The molecule has 2 unspecified atom stereocenters. The highest BCUT2D eigenvalue weighted by Crippen LogP contribution is 2.38. The third-order valence-electron chi connectivity index (χ3n) is 3.84. The lowest BCUT2D eigenvalue weighted by atomic mass is 9.70. The van der Waals surface area contributed by atoms with Crippen molar-refractivity contribution in [3.63, 3.8) is 0 Å². The first-order chi connectivity index (χ1) is 7.98. The monoisotopic (exact) mass is 236 g/mol. The van der Waals surface area contributed by atoms with Gasteiger partial charge in [-0.2, -0.15) is 0 Å². The van der Waals surface area contributed by atoms with Gasteiger partial charge in [-0.1, -0.05) is 26.0 Å². The molecule has 0 spiro atoms. The zero-order chi connectivity index (χ0) is 12.9. The predicted octanol–water partition coefficient (Wildman–Crippen LogP) is 2.81. The molecule has 0 bridgehead atoms. The second kappa shape index (κ2) is 6.36. The molecule has 1 rings (SSSR count). The Labute approximate surface area is 107 Å². The van der Waals surface area contributed by atoms with Crippen LogP contribution in [0.4, 0.5) is 0 Å². The van der Waals surface area contributed by atoms with Crippen LogP contribution in [0.5, 0.6) is 0 Å². The van der Waals surface area contributed by atoms with Gasteiger partial charge in [-0.15, -0.1) is 13.2 Å².